The van der Waals surface area contributed by atoms with Crippen molar-refractivity contribution in [3.8, 4) is 6.07 Å². The number of aliphatic hydroxyl groups is 1. The van der Waals surface area contributed by atoms with Crippen LogP contribution in [0.1, 0.15) is 17.9 Å². The minimum absolute atomic E-state index is 0.958. The van der Waals surface area contributed by atoms with E-state index in [4.69, 9.17) is 14.5 Å². The summed E-state index contributed by atoms with van der Waals surface area (Å²) < 4.78 is 19.8. The van der Waals surface area contributed by atoms with Crippen LogP contribution in [0.5, 0.6) is 0 Å². The van der Waals surface area contributed by atoms with Crippen LogP contribution in [-0.4, -0.2) is 10.7 Å². The topological polar surface area (TPSA) is 44.0 Å². The first kappa shape index (κ1) is 1.94. The SMILES string of the molecule is [2H]C([2H])([2H])C(C)(O)C#N. The van der Waals surface area contributed by atoms with Gasteiger partial charge in [-0.3, -0.25) is 0 Å². The molecule has 0 aromatic carbocycles. The molecule has 0 aliphatic rings. The normalized spacial score (nSPS) is 27.8. The van der Waals surface area contributed by atoms with Crippen molar-refractivity contribution in [2.45, 2.75) is 19.4 Å². The van der Waals surface area contributed by atoms with E-state index in [0.29, 0.717) is 0 Å². The van der Waals surface area contributed by atoms with Crippen molar-refractivity contribution in [2.75, 3.05) is 0 Å². The summed E-state index contributed by atoms with van der Waals surface area (Å²) in [5, 5.41) is 16.8. The molecule has 0 saturated carbocycles. The van der Waals surface area contributed by atoms with Crippen LogP contribution in [0, 0.1) is 11.3 Å². The van der Waals surface area contributed by atoms with Crippen molar-refractivity contribution in [1.29, 1.82) is 5.26 Å². The van der Waals surface area contributed by atoms with E-state index in [0.717, 1.165) is 6.92 Å². The van der Waals surface area contributed by atoms with Crippen LogP contribution >= 0.6 is 0 Å². The summed E-state index contributed by atoms with van der Waals surface area (Å²) in [6.45, 7) is -1.65. The second kappa shape index (κ2) is 1.27. The van der Waals surface area contributed by atoms with E-state index in [1.807, 2.05) is 0 Å². The van der Waals surface area contributed by atoms with Crippen LogP contribution < -0.4 is 0 Å². The van der Waals surface area contributed by atoms with Gasteiger partial charge < -0.3 is 5.11 Å². The van der Waals surface area contributed by atoms with Crippen molar-refractivity contribution in [3.63, 3.8) is 0 Å². The van der Waals surface area contributed by atoms with Gasteiger partial charge in [0.2, 0.25) is 0 Å². The molecule has 0 amide bonds. The standard InChI is InChI=1S/C4H7NO/c1-4(2,6)3-5/h6H,1-2H3/i1D3. The van der Waals surface area contributed by atoms with Crippen molar-refractivity contribution in [2.24, 2.45) is 0 Å². The molecule has 0 saturated heterocycles. The minimum Gasteiger partial charge on any atom is -0.376 e. The van der Waals surface area contributed by atoms with Crippen molar-refractivity contribution in [3.05, 3.63) is 0 Å². The molecule has 6 heavy (non-hydrogen) atoms. The number of nitriles is 1. The fourth-order valence-corrected chi connectivity index (χ4v) is 0. The third kappa shape index (κ3) is 3.45. The van der Waals surface area contributed by atoms with Gasteiger partial charge in [-0.25, -0.2) is 0 Å². The summed E-state index contributed by atoms with van der Waals surface area (Å²) in [5.74, 6) is 0. The van der Waals surface area contributed by atoms with E-state index in [2.05, 4.69) is 0 Å². The molecular weight excluding hydrogens is 78.1 g/mol. The van der Waals surface area contributed by atoms with E-state index < -0.39 is 12.5 Å². The summed E-state index contributed by atoms with van der Waals surface area (Å²) in [4.78, 5) is 0. The molecule has 2 nitrogen and oxygen atoms in total. The van der Waals surface area contributed by atoms with Gasteiger partial charge in [0, 0.05) is 4.11 Å². The molecule has 0 aromatic rings. The van der Waals surface area contributed by atoms with Crippen LogP contribution in [0.15, 0.2) is 0 Å². The van der Waals surface area contributed by atoms with Gasteiger partial charge in [0.25, 0.3) is 0 Å². The molecule has 2 heteroatoms. The number of hydrogen-bond acceptors (Lipinski definition) is 2. The Morgan fingerprint density at radius 2 is 2.67 bits per heavy atom. The Morgan fingerprint density at radius 3 is 2.67 bits per heavy atom. The van der Waals surface area contributed by atoms with Gasteiger partial charge in [-0.1, -0.05) is 0 Å². The zero-order valence-corrected chi connectivity index (χ0v) is 3.39. The molecule has 1 N–H and O–H groups in total. The largest absolute Gasteiger partial charge is 0.376 e. The van der Waals surface area contributed by atoms with Gasteiger partial charge in [-0.2, -0.15) is 5.26 Å². The highest BCUT2D eigenvalue weighted by molar-refractivity contribution is 4.91. The fourth-order valence-electron chi connectivity index (χ4n) is 0. The molecular formula is C4H7NO. The quantitative estimate of drug-likeness (QED) is 0.432. The Bertz CT molecular complexity index is 143. The number of hydrogen-bond donors (Lipinski definition) is 1. The highest BCUT2D eigenvalue weighted by Crippen LogP contribution is 1.93. The predicted octanol–water partition coefficient (Wildman–Crippen LogP) is 0.281. The molecule has 1 atom stereocenters. The van der Waals surface area contributed by atoms with E-state index >= 15 is 0 Å². The maximum atomic E-state index is 8.74. The van der Waals surface area contributed by atoms with Crippen LogP contribution in [0.25, 0.3) is 0 Å². The lowest BCUT2D eigenvalue weighted by Crippen LogP contribution is -2.13. The molecule has 34 valence electrons. The zero-order chi connectivity index (χ0) is 7.71. The smallest absolute Gasteiger partial charge is 0.145 e. The van der Waals surface area contributed by atoms with Crippen molar-refractivity contribution >= 4 is 0 Å². The number of rotatable bonds is 0. The summed E-state index contributed by atoms with van der Waals surface area (Å²) in [6, 6.07) is 1.27. The summed E-state index contributed by atoms with van der Waals surface area (Å²) in [7, 11) is 0. The summed E-state index contributed by atoms with van der Waals surface area (Å²) in [6.07, 6.45) is 0. The maximum absolute atomic E-state index is 8.74. The second-order valence-corrected chi connectivity index (χ2v) is 1.18. The molecule has 0 bridgehead atoms. The van der Waals surface area contributed by atoms with Gasteiger partial charge in [-0.15, -0.1) is 0 Å². The van der Waals surface area contributed by atoms with E-state index in [-0.39, 0.29) is 0 Å². The Balaban J connectivity index is 4.39. The van der Waals surface area contributed by atoms with E-state index in [1.54, 1.807) is 0 Å². The highest BCUT2D eigenvalue weighted by Gasteiger charge is 2.07. The Morgan fingerprint density at radius 1 is 2.17 bits per heavy atom. The molecule has 0 radical (unpaired) electrons. The first-order valence-electron chi connectivity index (χ1n) is 2.95. The lowest BCUT2D eigenvalue weighted by Gasteiger charge is -2.00. The van der Waals surface area contributed by atoms with Crippen LogP contribution in [0.2, 0.25) is 0 Å². The zero-order valence-electron chi connectivity index (χ0n) is 6.39. The van der Waals surface area contributed by atoms with E-state index in [1.165, 1.54) is 6.07 Å². The van der Waals surface area contributed by atoms with Crippen molar-refractivity contribution in [1.82, 2.24) is 0 Å². The Hall–Kier alpha value is -0.550. The number of nitrogens with zero attached hydrogens (tertiary/aromatic N) is 1. The van der Waals surface area contributed by atoms with Gasteiger partial charge >= 0.3 is 0 Å². The summed E-state index contributed by atoms with van der Waals surface area (Å²) in [5.41, 5.74) is -2.22. The average Bonchev–Trinajstić information content (AvgIpc) is 1.64. The Kier molecular flexibility index (Phi) is 0.413. The Labute approximate surface area is 41.2 Å². The second-order valence-electron chi connectivity index (χ2n) is 1.18. The van der Waals surface area contributed by atoms with Gasteiger partial charge in [0.05, 0.1) is 6.07 Å². The first-order valence-corrected chi connectivity index (χ1v) is 1.45. The molecule has 0 spiro atoms. The minimum atomic E-state index is -2.61. The van der Waals surface area contributed by atoms with E-state index in [9.17, 15) is 0 Å². The molecule has 0 fully saturated rings. The fraction of sp³-hybridized carbons (Fsp3) is 0.750. The predicted molar refractivity (Wildman–Crippen MR) is 21.9 cm³/mol. The van der Waals surface area contributed by atoms with Gasteiger partial charge in [-0.05, 0) is 13.8 Å². The molecule has 0 aromatic heterocycles. The molecule has 1 unspecified atom stereocenters. The highest BCUT2D eigenvalue weighted by atomic mass is 16.3. The first-order chi connectivity index (χ1) is 3.81. The molecule has 0 aliphatic heterocycles. The van der Waals surface area contributed by atoms with Crippen LogP contribution in [0.4, 0.5) is 0 Å². The lowest BCUT2D eigenvalue weighted by molar-refractivity contribution is 0.141. The third-order valence-corrected chi connectivity index (χ3v) is 0.218. The molecule has 0 rings (SSSR count). The van der Waals surface area contributed by atoms with Crippen LogP contribution in [0.3, 0.4) is 0 Å². The van der Waals surface area contributed by atoms with Crippen molar-refractivity contribution < 1.29 is 9.22 Å². The molecule has 0 heterocycles. The van der Waals surface area contributed by atoms with Crippen LogP contribution in [-0.2, 0) is 0 Å². The average molecular weight is 88.1 g/mol. The monoisotopic (exact) mass is 88.1 g/mol. The third-order valence-electron chi connectivity index (χ3n) is 0.218. The molecule has 0 aliphatic carbocycles. The van der Waals surface area contributed by atoms with Gasteiger partial charge in [0.15, 0.2) is 0 Å². The van der Waals surface area contributed by atoms with Gasteiger partial charge in [0.1, 0.15) is 5.60 Å². The summed E-state index contributed by atoms with van der Waals surface area (Å²) >= 11 is 0. The lowest BCUT2D eigenvalue weighted by atomic mass is 10.2. The maximum Gasteiger partial charge on any atom is 0.145 e.